The zero-order valence-corrected chi connectivity index (χ0v) is 20.4. The van der Waals surface area contributed by atoms with Gasteiger partial charge in [-0.1, -0.05) is 19.9 Å². The molecule has 0 radical (unpaired) electrons. The Morgan fingerprint density at radius 2 is 1.94 bits per heavy atom. The van der Waals surface area contributed by atoms with Gasteiger partial charge in [-0.2, -0.15) is 13.2 Å². The number of benzene rings is 1. The molecule has 1 aliphatic rings. The molecule has 0 amide bonds. The van der Waals surface area contributed by atoms with Crippen molar-refractivity contribution in [3.8, 4) is 0 Å². The summed E-state index contributed by atoms with van der Waals surface area (Å²) in [5, 5.41) is 10.8. The molecule has 0 aliphatic carbocycles. The number of aromatic nitrogens is 1. The Balaban J connectivity index is 1.95. The van der Waals surface area contributed by atoms with E-state index < -0.39 is 33.4 Å². The lowest BCUT2D eigenvalue weighted by molar-refractivity contribution is -0.0935. The molecule has 1 N–H and O–H groups in total. The van der Waals surface area contributed by atoms with Gasteiger partial charge >= 0.3 is 6.18 Å². The van der Waals surface area contributed by atoms with Gasteiger partial charge in [0.1, 0.15) is 0 Å². The number of hydrogen-bond donors (Lipinski definition) is 1. The summed E-state index contributed by atoms with van der Waals surface area (Å²) in [7, 11) is -3.35. The van der Waals surface area contributed by atoms with Crippen molar-refractivity contribution in [2.24, 2.45) is 15.9 Å². The highest BCUT2D eigenvalue weighted by Crippen LogP contribution is 2.37. The van der Waals surface area contributed by atoms with Crippen molar-refractivity contribution < 1.29 is 26.7 Å². The van der Waals surface area contributed by atoms with Crippen LogP contribution in [-0.4, -0.2) is 67.7 Å². The van der Waals surface area contributed by atoms with E-state index in [0.717, 1.165) is 22.8 Å². The van der Waals surface area contributed by atoms with Gasteiger partial charge < -0.3 is 9.67 Å². The fraction of sp³-hybridized carbons (Fsp3) is 0.478. The first-order valence-electron chi connectivity index (χ1n) is 10.8. The molecule has 2 unspecified atom stereocenters. The molecule has 0 bridgehead atoms. The molecule has 0 saturated heterocycles. The molecule has 34 heavy (non-hydrogen) atoms. The molecule has 0 spiro atoms. The lowest BCUT2D eigenvalue weighted by Crippen LogP contribution is -2.40. The van der Waals surface area contributed by atoms with Crippen LogP contribution in [0.4, 0.5) is 13.2 Å². The van der Waals surface area contributed by atoms with Crippen LogP contribution < -0.4 is 0 Å². The van der Waals surface area contributed by atoms with Crippen LogP contribution in [0.25, 0.3) is 10.9 Å². The Morgan fingerprint density at radius 1 is 1.26 bits per heavy atom. The number of aliphatic hydroxyl groups is 1. The molecule has 1 aromatic carbocycles. The van der Waals surface area contributed by atoms with Gasteiger partial charge in [0.25, 0.3) is 0 Å². The molecule has 3 rings (SSSR count). The molecule has 186 valence electrons. The Kier molecular flexibility index (Phi) is 7.40. The number of fused-ring (bicyclic) bond motifs is 3. The van der Waals surface area contributed by atoms with Crippen LogP contribution in [-0.2, 0) is 16.4 Å². The van der Waals surface area contributed by atoms with E-state index in [-0.39, 0.29) is 23.5 Å². The summed E-state index contributed by atoms with van der Waals surface area (Å²) >= 11 is 0. The maximum atomic E-state index is 13.2. The van der Waals surface area contributed by atoms with Crippen molar-refractivity contribution in [1.29, 1.82) is 0 Å². The first-order valence-corrected chi connectivity index (χ1v) is 12.7. The predicted octanol–water partition coefficient (Wildman–Crippen LogP) is 3.98. The molecular weight excluding hydrogens is 469 g/mol. The second-order valence-corrected chi connectivity index (χ2v) is 10.8. The van der Waals surface area contributed by atoms with Gasteiger partial charge in [0, 0.05) is 47.7 Å². The van der Waals surface area contributed by atoms with E-state index in [9.17, 15) is 26.7 Å². The maximum Gasteiger partial charge on any atom is 0.433 e. The number of rotatable bonds is 7. The number of allylic oxidation sites excluding steroid dienone is 1. The van der Waals surface area contributed by atoms with Crippen molar-refractivity contribution in [2.75, 3.05) is 19.5 Å². The monoisotopic (exact) mass is 498 g/mol. The third-order valence-corrected chi connectivity index (χ3v) is 7.03. The van der Waals surface area contributed by atoms with Crippen LogP contribution in [0, 0.1) is 5.92 Å². The number of aliphatic hydroxyl groups excluding tert-OH is 1. The molecule has 7 nitrogen and oxygen atoms in total. The summed E-state index contributed by atoms with van der Waals surface area (Å²) < 4.78 is 65.8. The van der Waals surface area contributed by atoms with Gasteiger partial charge in [-0.25, -0.2) is 8.42 Å². The average Bonchev–Trinajstić information content (AvgIpc) is 3.08. The van der Waals surface area contributed by atoms with Crippen LogP contribution in [0.2, 0.25) is 0 Å². The highest BCUT2D eigenvalue weighted by Gasteiger charge is 2.37. The summed E-state index contributed by atoms with van der Waals surface area (Å²) in [5.41, 5.74) is 0.125. The summed E-state index contributed by atoms with van der Waals surface area (Å²) in [4.78, 5) is 9.58. The smallest absolute Gasteiger partial charge is 0.389 e. The summed E-state index contributed by atoms with van der Waals surface area (Å²) in [5.74, 6) is 0.153. The molecule has 0 saturated carbocycles. The quantitative estimate of drug-likeness (QED) is 0.585. The van der Waals surface area contributed by atoms with Crippen molar-refractivity contribution in [3.05, 3.63) is 41.2 Å². The highest BCUT2D eigenvalue weighted by molar-refractivity contribution is 7.90. The van der Waals surface area contributed by atoms with E-state index in [1.807, 2.05) is 19.9 Å². The van der Waals surface area contributed by atoms with Gasteiger partial charge in [-0.15, -0.1) is 0 Å². The highest BCUT2D eigenvalue weighted by atomic mass is 32.2. The average molecular weight is 499 g/mol. The number of nitrogens with zero attached hydrogens (tertiary/aromatic N) is 4. The summed E-state index contributed by atoms with van der Waals surface area (Å²) in [6, 6.07) is 6.99. The predicted molar refractivity (Wildman–Crippen MR) is 127 cm³/mol. The van der Waals surface area contributed by atoms with Gasteiger partial charge in [-0.05, 0) is 37.8 Å². The molecule has 2 atom stereocenters. The number of alkyl halides is 3. The Labute approximate surface area is 197 Å². The first kappa shape index (κ1) is 26.1. The minimum absolute atomic E-state index is 0.0846. The molecule has 11 heteroatoms. The molecule has 0 fully saturated rings. The SMILES string of the molecule is C=N/C(=C(\C=N/CN1CCn2c(cc3ccc(S(C)(=O)=O)cc32)C1C(C)C)C(C)O)C(F)(F)F. The third-order valence-electron chi connectivity index (χ3n) is 5.92. The zero-order valence-electron chi connectivity index (χ0n) is 19.5. The largest absolute Gasteiger partial charge is 0.433 e. The Hall–Kier alpha value is -2.50. The van der Waals surface area contributed by atoms with E-state index in [2.05, 4.69) is 26.2 Å². The Morgan fingerprint density at radius 3 is 2.47 bits per heavy atom. The van der Waals surface area contributed by atoms with Crippen LogP contribution in [0.15, 0.2) is 50.4 Å². The molecule has 2 aromatic rings. The molecular formula is C23H29F3N4O3S. The summed E-state index contributed by atoms with van der Waals surface area (Å²) in [6.45, 7) is 9.55. The minimum atomic E-state index is -4.75. The van der Waals surface area contributed by atoms with E-state index >= 15 is 0 Å². The molecule has 1 aliphatic heterocycles. The van der Waals surface area contributed by atoms with Crippen LogP contribution in [0.5, 0.6) is 0 Å². The molecule has 1 aromatic heterocycles. The van der Waals surface area contributed by atoms with Crippen molar-refractivity contribution >= 4 is 33.7 Å². The number of aliphatic imine (C=N–C) groups is 2. The van der Waals surface area contributed by atoms with Crippen molar-refractivity contribution in [2.45, 2.75) is 50.5 Å². The topological polar surface area (TPSA) is 87.3 Å². The standard InChI is InChI=1S/C23H29F3N4O3S/c1-14(2)21-20-10-16-6-7-17(34(5,32)33)11-19(16)30(20)9-8-29(21)13-28-12-18(15(3)31)22(27-4)23(24,25)26/h6-7,10-12,14-15,21,31H,4,8-9,13H2,1-3,5H3/b22-18+,28-12-. The Bertz CT molecular complexity index is 1240. The van der Waals surface area contributed by atoms with Gasteiger partial charge in [0.2, 0.25) is 0 Å². The van der Waals surface area contributed by atoms with Crippen LogP contribution in [0.3, 0.4) is 0 Å². The van der Waals surface area contributed by atoms with Crippen LogP contribution in [0.1, 0.15) is 32.5 Å². The van der Waals surface area contributed by atoms with E-state index in [1.54, 1.807) is 18.2 Å². The maximum absolute atomic E-state index is 13.2. The van der Waals surface area contributed by atoms with Crippen LogP contribution >= 0.6 is 0 Å². The normalized spacial score (nSPS) is 19.5. The molecule has 2 heterocycles. The fourth-order valence-corrected chi connectivity index (χ4v) is 5.05. The second-order valence-electron chi connectivity index (χ2n) is 8.80. The van der Waals surface area contributed by atoms with Gasteiger partial charge in [0.05, 0.1) is 23.7 Å². The van der Waals surface area contributed by atoms with Gasteiger partial charge in [0.15, 0.2) is 15.5 Å². The summed E-state index contributed by atoms with van der Waals surface area (Å²) in [6.07, 6.45) is -3.98. The van der Waals surface area contributed by atoms with Gasteiger partial charge in [-0.3, -0.25) is 14.9 Å². The van der Waals surface area contributed by atoms with E-state index in [1.165, 1.54) is 13.2 Å². The third kappa shape index (κ3) is 5.26. The lowest BCUT2D eigenvalue weighted by Gasteiger charge is -2.38. The fourth-order valence-electron chi connectivity index (χ4n) is 4.41. The minimum Gasteiger partial charge on any atom is -0.389 e. The second kappa shape index (κ2) is 9.63. The van der Waals surface area contributed by atoms with Crippen molar-refractivity contribution in [1.82, 2.24) is 9.47 Å². The van der Waals surface area contributed by atoms with E-state index in [0.29, 0.717) is 13.1 Å². The zero-order chi connectivity index (χ0) is 25.4. The van der Waals surface area contributed by atoms with Crippen molar-refractivity contribution in [3.63, 3.8) is 0 Å². The number of halogens is 3. The first-order chi connectivity index (χ1) is 15.8. The lowest BCUT2D eigenvalue weighted by atomic mass is 9.97. The number of hydrogen-bond acceptors (Lipinski definition) is 6. The van der Waals surface area contributed by atoms with E-state index in [4.69, 9.17) is 0 Å². The number of sulfone groups is 1.